The van der Waals surface area contributed by atoms with Crippen LogP contribution in [0.3, 0.4) is 0 Å². The first kappa shape index (κ1) is 22.9. The Morgan fingerprint density at radius 1 is 0.939 bits per heavy atom. The highest BCUT2D eigenvalue weighted by Gasteiger charge is 2.38. The third-order valence-electron chi connectivity index (χ3n) is 5.30. The number of hydrazone groups is 1. The van der Waals surface area contributed by atoms with E-state index in [1.807, 2.05) is 0 Å². The van der Waals surface area contributed by atoms with Crippen LogP contribution in [0.4, 0.5) is 10.1 Å². The van der Waals surface area contributed by atoms with E-state index in [-0.39, 0.29) is 22.6 Å². The number of nitrogens with one attached hydrogen (secondary N) is 1. The lowest BCUT2D eigenvalue weighted by molar-refractivity contribution is 0.362. The van der Waals surface area contributed by atoms with Gasteiger partial charge >= 0.3 is 0 Å². The monoisotopic (exact) mass is 487 g/mol. The molecule has 0 amide bonds. The van der Waals surface area contributed by atoms with Crippen molar-refractivity contribution in [1.82, 2.24) is 4.41 Å². The SMILES string of the molecule is CCS(=O)(=O)Nc1ccc(C2=NN(S(=O)(=O)c3ccccc3)C(c3ccccc3F)C2)cc1. The van der Waals surface area contributed by atoms with Crippen molar-refractivity contribution in [1.29, 1.82) is 0 Å². The van der Waals surface area contributed by atoms with Gasteiger partial charge in [0, 0.05) is 17.7 Å². The minimum Gasteiger partial charge on any atom is -0.284 e. The second-order valence-corrected chi connectivity index (χ2v) is 11.3. The molecule has 0 fully saturated rings. The lowest BCUT2D eigenvalue weighted by Gasteiger charge is -2.23. The highest BCUT2D eigenvalue weighted by atomic mass is 32.2. The number of benzene rings is 3. The van der Waals surface area contributed by atoms with Gasteiger partial charge in [-0.2, -0.15) is 17.9 Å². The number of nitrogens with zero attached hydrogens (tertiary/aromatic N) is 2. The van der Waals surface area contributed by atoms with E-state index in [0.717, 1.165) is 4.41 Å². The molecule has 1 aliphatic heterocycles. The number of hydrogen-bond donors (Lipinski definition) is 1. The van der Waals surface area contributed by atoms with E-state index in [4.69, 9.17) is 0 Å². The van der Waals surface area contributed by atoms with Gasteiger partial charge in [-0.1, -0.05) is 48.5 Å². The first-order valence-electron chi connectivity index (χ1n) is 10.2. The zero-order chi connectivity index (χ0) is 23.6. The van der Waals surface area contributed by atoms with Crippen LogP contribution < -0.4 is 4.72 Å². The number of anilines is 1. The molecule has 3 aromatic rings. The third-order valence-corrected chi connectivity index (χ3v) is 8.30. The number of halogens is 1. The van der Waals surface area contributed by atoms with Crippen LogP contribution in [-0.4, -0.2) is 32.7 Å². The quantitative estimate of drug-likeness (QED) is 0.542. The summed E-state index contributed by atoms with van der Waals surface area (Å²) < 4.78 is 68.4. The highest BCUT2D eigenvalue weighted by Crippen LogP contribution is 2.38. The summed E-state index contributed by atoms with van der Waals surface area (Å²) in [5, 5.41) is 4.38. The van der Waals surface area contributed by atoms with E-state index in [9.17, 15) is 21.2 Å². The number of sulfonamides is 2. The molecule has 3 aromatic carbocycles. The Morgan fingerprint density at radius 3 is 2.21 bits per heavy atom. The van der Waals surface area contributed by atoms with Crippen LogP contribution in [0.25, 0.3) is 0 Å². The van der Waals surface area contributed by atoms with Gasteiger partial charge in [0.15, 0.2) is 0 Å². The van der Waals surface area contributed by atoms with Crippen molar-refractivity contribution in [3.63, 3.8) is 0 Å². The molecule has 1 unspecified atom stereocenters. The van der Waals surface area contributed by atoms with Crippen LogP contribution in [0, 0.1) is 5.82 Å². The Labute approximate surface area is 192 Å². The smallest absolute Gasteiger partial charge is 0.279 e. The van der Waals surface area contributed by atoms with Crippen LogP contribution in [0.15, 0.2) is 88.9 Å². The summed E-state index contributed by atoms with van der Waals surface area (Å²) in [6.45, 7) is 1.54. The Kier molecular flexibility index (Phi) is 6.22. The van der Waals surface area contributed by atoms with Crippen molar-refractivity contribution in [2.45, 2.75) is 24.3 Å². The molecule has 4 rings (SSSR count). The molecule has 1 aliphatic rings. The molecule has 7 nitrogen and oxygen atoms in total. The molecule has 1 atom stereocenters. The maximum Gasteiger partial charge on any atom is 0.279 e. The second-order valence-electron chi connectivity index (χ2n) is 7.46. The average molecular weight is 488 g/mol. The molecule has 0 bridgehead atoms. The van der Waals surface area contributed by atoms with Crippen LogP contribution in [0.2, 0.25) is 0 Å². The van der Waals surface area contributed by atoms with Crippen LogP contribution in [-0.2, 0) is 20.0 Å². The highest BCUT2D eigenvalue weighted by molar-refractivity contribution is 7.92. The summed E-state index contributed by atoms with van der Waals surface area (Å²) in [5.41, 5.74) is 1.68. The van der Waals surface area contributed by atoms with Gasteiger partial charge in [0.2, 0.25) is 10.0 Å². The summed E-state index contributed by atoms with van der Waals surface area (Å²) in [4.78, 5) is 0.0562. The zero-order valence-electron chi connectivity index (χ0n) is 17.7. The minimum atomic E-state index is -4.04. The maximum absolute atomic E-state index is 14.6. The molecule has 1 N–H and O–H groups in total. The molecule has 0 radical (unpaired) electrons. The van der Waals surface area contributed by atoms with Gasteiger partial charge in [-0.3, -0.25) is 4.72 Å². The summed E-state index contributed by atoms with van der Waals surface area (Å²) in [5.74, 6) is -0.575. The van der Waals surface area contributed by atoms with Crippen molar-refractivity contribution < 1.29 is 21.2 Å². The number of rotatable bonds is 7. The van der Waals surface area contributed by atoms with E-state index in [0.29, 0.717) is 17.0 Å². The van der Waals surface area contributed by atoms with Gasteiger partial charge < -0.3 is 0 Å². The topological polar surface area (TPSA) is 95.9 Å². The van der Waals surface area contributed by atoms with Crippen LogP contribution in [0.5, 0.6) is 0 Å². The standard InChI is InChI=1S/C23H22FN3O4S2/c1-2-32(28,29)26-18-14-12-17(13-15-18)22-16-23(20-10-6-7-11-21(20)24)27(25-22)33(30,31)19-8-4-3-5-9-19/h3-15,23,26H,2,16H2,1H3. The predicted molar refractivity (Wildman–Crippen MR) is 125 cm³/mol. The Bertz CT molecular complexity index is 1390. The van der Waals surface area contributed by atoms with E-state index in [1.165, 1.54) is 25.1 Å². The average Bonchev–Trinajstić information content (AvgIpc) is 3.26. The molecular weight excluding hydrogens is 465 g/mol. The van der Waals surface area contributed by atoms with E-state index in [1.54, 1.807) is 60.7 Å². The van der Waals surface area contributed by atoms with Crippen molar-refractivity contribution in [3.05, 3.63) is 95.8 Å². The largest absolute Gasteiger partial charge is 0.284 e. The summed E-state index contributed by atoms with van der Waals surface area (Å²) in [6, 6.07) is 19.5. The normalized spacial score (nSPS) is 16.5. The summed E-state index contributed by atoms with van der Waals surface area (Å²) in [6.07, 6.45) is 0.160. The predicted octanol–water partition coefficient (Wildman–Crippen LogP) is 4.13. The van der Waals surface area contributed by atoms with Crippen molar-refractivity contribution >= 4 is 31.4 Å². The van der Waals surface area contributed by atoms with E-state index in [2.05, 4.69) is 9.82 Å². The van der Waals surface area contributed by atoms with Crippen molar-refractivity contribution in [3.8, 4) is 0 Å². The lowest BCUT2D eigenvalue weighted by Crippen LogP contribution is -2.27. The number of hydrogen-bond acceptors (Lipinski definition) is 5. The molecule has 0 aliphatic carbocycles. The first-order chi connectivity index (χ1) is 15.7. The summed E-state index contributed by atoms with van der Waals surface area (Å²) in [7, 11) is -7.46. The lowest BCUT2D eigenvalue weighted by atomic mass is 9.99. The van der Waals surface area contributed by atoms with E-state index >= 15 is 0 Å². The molecule has 10 heteroatoms. The molecular formula is C23H22FN3O4S2. The van der Waals surface area contributed by atoms with Gasteiger partial charge in [0.05, 0.1) is 22.4 Å². The van der Waals surface area contributed by atoms with E-state index < -0.39 is 31.9 Å². The van der Waals surface area contributed by atoms with Gasteiger partial charge in [-0.15, -0.1) is 0 Å². The summed E-state index contributed by atoms with van der Waals surface area (Å²) >= 11 is 0. The zero-order valence-corrected chi connectivity index (χ0v) is 19.4. The molecule has 0 saturated carbocycles. The van der Waals surface area contributed by atoms with Gasteiger partial charge in [-0.25, -0.2) is 12.8 Å². The Morgan fingerprint density at radius 2 is 1.58 bits per heavy atom. The van der Waals surface area contributed by atoms with Gasteiger partial charge in [-0.05, 0) is 42.8 Å². The van der Waals surface area contributed by atoms with Gasteiger partial charge in [0.25, 0.3) is 10.0 Å². The van der Waals surface area contributed by atoms with Crippen molar-refractivity contribution in [2.75, 3.05) is 10.5 Å². The minimum absolute atomic E-state index is 0.0562. The Balaban J connectivity index is 1.73. The maximum atomic E-state index is 14.6. The van der Waals surface area contributed by atoms with Crippen LogP contribution >= 0.6 is 0 Å². The Hall–Kier alpha value is -3.24. The fraction of sp³-hybridized carbons (Fsp3) is 0.174. The van der Waals surface area contributed by atoms with Gasteiger partial charge in [0.1, 0.15) is 5.82 Å². The fourth-order valence-corrected chi connectivity index (χ4v) is 5.63. The molecule has 33 heavy (non-hydrogen) atoms. The molecule has 1 heterocycles. The fourth-order valence-electron chi connectivity index (χ4n) is 3.54. The first-order valence-corrected chi connectivity index (χ1v) is 13.3. The molecule has 0 saturated heterocycles. The molecule has 0 aromatic heterocycles. The second kappa shape index (κ2) is 8.95. The van der Waals surface area contributed by atoms with Crippen molar-refractivity contribution in [2.24, 2.45) is 5.10 Å². The van der Waals surface area contributed by atoms with Crippen LogP contribution in [0.1, 0.15) is 30.5 Å². The third kappa shape index (κ3) is 4.76. The molecule has 172 valence electrons. The molecule has 0 spiro atoms.